The van der Waals surface area contributed by atoms with E-state index in [9.17, 15) is 5.11 Å². The van der Waals surface area contributed by atoms with Crippen LogP contribution in [0.25, 0.3) is 0 Å². The van der Waals surface area contributed by atoms with Crippen molar-refractivity contribution in [3.8, 4) is 0 Å². The molecular formula is C13H21NO3. The van der Waals surface area contributed by atoms with Crippen LogP contribution in [0, 0.1) is 12.8 Å². The number of hydrogen-bond donors (Lipinski definition) is 1. The fourth-order valence-electron chi connectivity index (χ4n) is 2.26. The number of furan rings is 1. The third-order valence-corrected chi connectivity index (χ3v) is 3.20. The molecule has 0 bridgehead atoms. The lowest BCUT2D eigenvalue weighted by atomic mass is 9.98. The van der Waals surface area contributed by atoms with Gasteiger partial charge in [0.15, 0.2) is 0 Å². The Kier molecular flexibility index (Phi) is 4.20. The summed E-state index contributed by atoms with van der Waals surface area (Å²) in [6.45, 7) is 4.89. The number of rotatable bonds is 4. The largest absolute Gasteiger partial charge is 0.465 e. The van der Waals surface area contributed by atoms with Crippen molar-refractivity contribution in [1.82, 2.24) is 4.90 Å². The third kappa shape index (κ3) is 3.56. The topological polar surface area (TPSA) is 45.8 Å². The van der Waals surface area contributed by atoms with Gasteiger partial charge in [-0.05, 0) is 32.5 Å². The molecule has 1 aliphatic heterocycles. The Bertz CT molecular complexity index is 350. The zero-order chi connectivity index (χ0) is 12.3. The lowest BCUT2D eigenvalue weighted by Crippen LogP contribution is -2.39. The third-order valence-electron chi connectivity index (χ3n) is 3.20. The molecule has 2 unspecified atom stereocenters. The summed E-state index contributed by atoms with van der Waals surface area (Å²) in [6, 6.07) is 3.97. The Morgan fingerprint density at radius 2 is 2.29 bits per heavy atom. The molecule has 0 spiro atoms. The molecule has 0 saturated carbocycles. The highest BCUT2D eigenvalue weighted by Gasteiger charge is 2.24. The summed E-state index contributed by atoms with van der Waals surface area (Å²) in [5.41, 5.74) is 0. The SMILES string of the molecule is Cc1ccc(CN(C)CC2COCCC2O)o1. The van der Waals surface area contributed by atoms with Gasteiger partial charge < -0.3 is 14.3 Å². The fraction of sp³-hybridized carbons (Fsp3) is 0.692. The lowest BCUT2D eigenvalue weighted by Gasteiger charge is -2.30. The first-order chi connectivity index (χ1) is 8.15. The Labute approximate surface area is 102 Å². The van der Waals surface area contributed by atoms with E-state index in [1.807, 2.05) is 26.1 Å². The highest BCUT2D eigenvalue weighted by atomic mass is 16.5. The second-order valence-electron chi connectivity index (χ2n) is 4.90. The molecule has 0 aliphatic carbocycles. The number of nitrogens with zero attached hydrogens (tertiary/aromatic N) is 1. The van der Waals surface area contributed by atoms with Crippen LogP contribution in [-0.4, -0.2) is 42.9 Å². The second-order valence-corrected chi connectivity index (χ2v) is 4.90. The molecule has 1 aromatic heterocycles. The van der Waals surface area contributed by atoms with Gasteiger partial charge in [-0.3, -0.25) is 4.90 Å². The van der Waals surface area contributed by atoms with E-state index < -0.39 is 0 Å². The number of aliphatic hydroxyl groups excluding tert-OH is 1. The maximum absolute atomic E-state index is 9.86. The van der Waals surface area contributed by atoms with Gasteiger partial charge in [0.2, 0.25) is 0 Å². The average molecular weight is 239 g/mol. The average Bonchev–Trinajstić information content (AvgIpc) is 2.67. The number of ether oxygens (including phenoxy) is 1. The number of aliphatic hydroxyl groups is 1. The maximum Gasteiger partial charge on any atom is 0.118 e. The van der Waals surface area contributed by atoms with Gasteiger partial charge >= 0.3 is 0 Å². The monoisotopic (exact) mass is 239 g/mol. The van der Waals surface area contributed by atoms with Crippen LogP contribution in [0.1, 0.15) is 17.9 Å². The molecule has 2 heterocycles. The molecule has 17 heavy (non-hydrogen) atoms. The quantitative estimate of drug-likeness (QED) is 0.863. The molecule has 96 valence electrons. The zero-order valence-electron chi connectivity index (χ0n) is 10.6. The molecule has 1 aromatic rings. The van der Waals surface area contributed by atoms with Crippen LogP contribution in [0.2, 0.25) is 0 Å². The van der Waals surface area contributed by atoms with E-state index in [-0.39, 0.29) is 12.0 Å². The van der Waals surface area contributed by atoms with Crippen LogP contribution < -0.4 is 0 Å². The van der Waals surface area contributed by atoms with E-state index in [0.29, 0.717) is 13.2 Å². The van der Waals surface area contributed by atoms with E-state index in [1.54, 1.807) is 0 Å². The van der Waals surface area contributed by atoms with Gasteiger partial charge in [0, 0.05) is 19.1 Å². The van der Waals surface area contributed by atoms with Crippen molar-refractivity contribution in [2.75, 3.05) is 26.8 Å². The summed E-state index contributed by atoms with van der Waals surface area (Å²) in [5.74, 6) is 2.12. The first-order valence-electron chi connectivity index (χ1n) is 6.15. The number of aryl methyl sites for hydroxylation is 1. The molecule has 1 fully saturated rings. The van der Waals surface area contributed by atoms with Crippen LogP contribution in [0.5, 0.6) is 0 Å². The summed E-state index contributed by atoms with van der Waals surface area (Å²) in [7, 11) is 2.04. The Hall–Kier alpha value is -0.840. The van der Waals surface area contributed by atoms with Gasteiger partial charge in [0.05, 0.1) is 19.3 Å². The Morgan fingerprint density at radius 1 is 1.47 bits per heavy atom. The van der Waals surface area contributed by atoms with E-state index in [2.05, 4.69) is 4.90 Å². The van der Waals surface area contributed by atoms with E-state index >= 15 is 0 Å². The maximum atomic E-state index is 9.86. The zero-order valence-corrected chi connectivity index (χ0v) is 10.6. The minimum Gasteiger partial charge on any atom is -0.465 e. The van der Waals surface area contributed by atoms with Gasteiger partial charge in [-0.1, -0.05) is 0 Å². The normalized spacial score (nSPS) is 25.4. The van der Waals surface area contributed by atoms with Crippen molar-refractivity contribution in [2.24, 2.45) is 5.92 Å². The standard InChI is InChI=1S/C13H21NO3/c1-10-3-4-12(17-10)8-14(2)7-11-9-16-6-5-13(11)15/h3-4,11,13,15H,5-9H2,1-2H3. The first-order valence-corrected chi connectivity index (χ1v) is 6.15. The van der Waals surface area contributed by atoms with E-state index in [4.69, 9.17) is 9.15 Å². The van der Waals surface area contributed by atoms with E-state index in [0.717, 1.165) is 31.0 Å². The molecular weight excluding hydrogens is 218 g/mol. The van der Waals surface area contributed by atoms with Gasteiger partial charge in [0.25, 0.3) is 0 Å². The molecule has 4 heteroatoms. The van der Waals surface area contributed by atoms with Crippen LogP contribution in [-0.2, 0) is 11.3 Å². The van der Waals surface area contributed by atoms with Crippen molar-refractivity contribution in [1.29, 1.82) is 0 Å². The molecule has 0 amide bonds. The molecule has 1 saturated heterocycles. The molecule has 4 nitrogen and oxygen atoms in total. The summed E-state index contributed by atoms with van der Waals surface area (Å²) >= 11 is 0. The van der Waals surface area contributed by atoms with E-state index in [1.165, 1.54) is 0 Å². The molecule has 1 N–H and O–H groups in total. The summed E-state index contributed by atoms with van der Waals surface area (Å²) in [5, 5.41) is 9.86. The Balaban J connectivity index is 1.82. The van der Waals surface area contributed by atoms with Crippen molar-refractivity contribution in [3.05, 3.63) is 23.7 Å². The van der Waals surface area contributed by atoms with Gasteiger partial charge in [-0.15, -0.1) is 0 Å². The molecule has 1 aliphatic rings. The summed E-state index contributed by atoms with van der Waals surface area (Å²) in [4.78, 5) is 2.17. The van der Waals surface area contributed by atoms with Gasteiger partial charge in [-0.25, -0.2) is 0 Å². The molecule has 0 aromatic carbocycles. The van der Waals surface area contributed by atoms with Crippen molar-refractivity contribution >= 4 is 0 Å². The first kappa shape index (κ1) is 12.6. The highest BCUT2D eigenvalue weighted by molar-refractivity contribution is 5.05. The fourth-order valence-corrected chi connectivity index (χ4v) is 2.26. The predicted octanol–water partition coefficient (Wildman–Crippen LogP) is 1.42. The minimum absolute atomic E-state index is 0.213. The number of hydrogen-bond acceptors (Lipinski definition) is 4. The van der Waals surface area contributed by atoms with Crippen molar-refractivity contribution in [3.63, 3.8) is 0 Å². The molecule has 2 atom stereocenters. The second kappa shape index (κ2) is 5.67. The van der Waals surface area contributed by atoms with Gasteiger partial charge in [0.1, 0.15) is 11.5 Å². The summed E-state index contributed by atoms with van der Waals surface area (Å²) < 4.78 is 10.9. The van der Waals surface area contributed by atoms with Gasteiger partial charge in [-0.2, -0.15) is 0 Å². The van der Waals surface area contributed by atoms with Crippen LogP contribution in [0.15, 0.2) is 16.5 Å². The minimum atomic E-state index is -0.232. The molecule has 2 rings (SSSR count). The predicted molar refractivity (Wildman–Crippen MR) is 64.7 cm³/mol. The molecule has 0 radical (unpaired) electrons. The van der Waals surface area contributed by atoms with Crippen molar-refractivity contribution in [2.45, 2.75) is 26.0 Å². The highest BCUT2D eigenvalue weighted by Crippen LogP contribution is 2.17. The van der Waals surface area contributed by atoms with Crippen molar-refractivity contribution < 1.29 is 14.3 Å². The van der Waals surface area contributed by atoms with Crippen LogP contribution in [0.4, 0.5) is 0 Å². The van der Waals surface area contributed by atoms with Crippen LogP contribution >= 0.6 is 0 Å². The lowest BCUT2D eigenvalue weighted by molar-refractivity contribution is -0.0455. The van der Waals surface area contributed by atoms with Crippen LogP contribution in [0.3, 0.4) is 0 Å². The smallest absolute Gasteiger partial charge is 0.118 e. The Morgan fingerprint density at radius 3 is 2.94 bits per heavy atom. The summed E-state index contributed by atoms with van der Waals surface area (Å²) in [6.07, 6.45) is 0.516.